The molecule has 0 radical (unpaired) electrons. The summed E-state index contributed by atoms with van der Waals surface area (Å²) in [6.45, 7) is 0. The van der Waals surface area contributed by atoms with Gasteiger partial charge in [-0.05, 0) is 35.0 Å². The van der Waals surface area contributed by atoms with Crippen LogP contribution < -0.4 is 0 Å². The largest absolute Gasteiger partial charge is 0.465 e. The molecule has 0 heterocycles. The van der Waals surface area contributed by atoms with Gasteiger partial charge in [0, 0.05) is 0 Å². The molecule has 2 aromatic carbocycles. The van der Waals surface area contributed by atoms with Crippen LogP contribution in [0, 0.1) is 5.82 Å². The molecule has 2 aromatic rings. The Balaban J connectivity index is 2.57. The lowest BCUT2D eigenvalue weighted by atomic mass is 10.1. The number of methoxy groups -OCH3 is 1. The van der Waals surface area contributed by atoms with E-state index in [1.807, 2.05) is 0 Å². The van der Waals surface area contributed by atoms with Crippen LogP contribution in [0.1, 0.15) is 10.4 Å². The average molecular weight is 204 g/mol. The van der Waals surface area contributed by atoms with Crippen LogP contribution >= 0.6 is 0 Å². The summed E-state index contributed by atoms with van der Waals surface area (Å²) in [5.74, 6) is -0.672. The van der Waals surface area contributed by atoms with Crippen molar-refractivity contribution in [1.82, 2.24) is 0 Å². The average Bonchev–Trinajstić information content (AvgIpc) is 2.27. The SMILES string of the molecule is COC(=O)c1ccc2cc(F)ccc2c1. The molecule has 0 unspecified atom stereocenters. The third-order valence-corrected chi connectivity index (χ3v) is 2.22. The Kier molecular flexibility index (Phi) is 2.37. The van der Waals surface area contributed by atoms with E-state index in [1.165, 1.54) is 19.2 Å². The Labute approximate surface area is 86.3 Å². The quantitative estimate of drug-likeness (QED) is 0.667. The lowest BCUT2D eigenvalue weighted by molar-refractivity contribution is 0.0601. The highest BCUT2D eigenvalue weighted by atomic mass is 19.1. The molecule has 0 saturated carbocycles. The van der Waals surface area contributed by atoms with Gasteiger partial charge in [0.05, 0.1) is 12.7 Å². The molecule has 3 heteroatoms. The van der Waals surface area contributed by atoms with E-state index in [0.29, 0.717) is 5.56 Å². The zero-order valence-electron chi connectivity index (χ0n) is 8.16. The Morgan fingerprint density at radius 1 is 1.13 bits per heavy atom. The second kappa shape index (κ2) is 3.69. The molecule has 0 aliphatic rings. The van der Waals surface area contributed by atoms with Crippen LogP contribution in [0.3, 0.4) is 0 Å². The zero-order valence-corrected chi connectivity index (χ0v) is 8.16. The molecule has 2 rings (SSSR count). The number of benzene rings is 2. The molecule has 76 valence electrons. The number of ether oxygens (including phenoxy) is 1. The molecular formula is C12H9FO2. The van der Waals surface area contributed by atoms with Crippen LogP contribution in [0.4, 0.5) is 4.39 Å². The normalized spacial score (nSPS) is 10.3. The van der Waals surface area contributed by atoms with Crippen LogP contribution in [0.25, 0.3) is 10.8 Å². The van der Waals surface area contributed by atoms with Crippen molar-refractivity contribution in [3.8, 4) is 0 Å². The third kappa shape index (κ3) is 1.81. The summed E-state index contributed by atoms with van der Waals surface area (Å²) in [5.41, 5.74) is 0.469. The van der Waals surface area contributed by atoms with Gasteiger partial charge in [-0.25, -0.2) is 9.18 Å². The molecule has 0 N–H and O–H groups in total. The number of rotatable bonds is 1. The van der Waals surface area contributed by atoms with E-state index in [9.17, 15) is 9.18 Å². The summed E-state index contributed by atoms with van der Waals surface area (Å²) in [4.78, 5) is 11.2. The first-order chi connectivity index (χ1) is 7.20. The van der Waals surface area contributed by atoms with Crippen LogP contribution in [-0.4, -0.2) is 13.1 Å². The fourth-order valence-corrected chi connectivity index (χ4v) is 1.46. The molecule has 0 bridgehead atoms. The van der Waals surface area contributed by atoms with Gasteiger partial charge >= 0.3 is 5.97 Å². The van der Waals surface area contributed by atoms with Gasteiger partial charge in [-0.3, -0.25) is 0 Å². The van der Waals surface area contributed by atoms with E-state index < -0.39 is 0 Å². The van der Waals surface area contributed by atoms with Gasteiger partial charge in [-0.1, -0.05) is 12.1 Å². The number of fused-ring (bicyclic) bond motifs is 1. The lowest BCUT2D eigenvalue weighted by Crippen LogP contribution is -2.00. The second-order valence-electron chi connectivity index (χ2n) is 3.20. The van der Waals surface area contributed by atoms with Gasteiger partial charge in [0.15, 0.2) is 0 Å². The number of esters is 1. The Morgan fingerprint density at radius 2 is 1.80 bits per heavy atom. The molecule has 0 aromatic heterocycles. The summed E-state index contributed by atoms with van der Waals surface area (Å²) in [6.07, 6.45) is 0. The zero-order chi connectivity index (χ0) is 10.8. The van der Waals surface area contributed by atoms with Gasteiger partial charge in [-0.2, -0.15) is 0 Å². The maximum atomic E-state index is 12.9. The summed E-state index contributed by atoms with van der Waals surface area (Å²) in [6, 6.07) is 9.43. The van der Waals surface area contributed by atoms with E-state index >= 15 is 0 Å². The maximum Gasteiger partial charge on any atom is 0.337 e. The van der Waals surface area contributed by atoms with Gasteiger partial charge < -0.3 is 4.74 Å². The smallest absolute Gasteiger partial charge is 0.337 e. The van der Waals surface area contributed by atoms with Crippen LogP contribution in [0.2, 0.25) is 0 Å². The molecule has 0 saturated heterocycles. The molecule has 0 amide bonds. The fraction of sp³-hybridized carbons (Fsp3) is 0.0833. The van der Waals surface area contributed by atoms with Crippen LogP contribution in [0.15, 0.2) is 36.4 Å². The minimum Gasteiger partial charge on any atom is -0.465 e. The second-order valence-corrected chi connectivity index (χ2v) is 3.20. The van der Waals surface area contributed by atoms with Gasteiger partial charge in [0.1, 0.15) is 5.82 Å². The van der Waals surface area contributed by atoms with E-state index in [2.05, 4.69) is 4.74 Å². The molecule has 0 atom stereocenters. The van der Waals surface area contributed by atoms with E-state index in [4.69, 9.17) is 0 Å². The first-order valence-corrected chi connectivity index (χ1v) is 4.48. The molecule has 0 aliphatic heterocycles. The molecule has 0 fully saturated rings. The van der Waals surface area contributed by atoms with Gasteiger partial charge in [0.25, 0.3) is 0 Å². The highest BCUT2D eigenvalue weighted by Crippen LogP contribution is 2.17. The van der Waals surface area contributed by atoms with E-state index in [-0.39, 0.29) is 11.8 Å². The van der Waals surface area contributed by atoms with Crippen molar-refractivity contribution in [3.05, 3.63) is 47.8 Å². The standard InChI is InChI=1S/C12H9FO2/c1-15-12(14)10-3-2-9-7-11(13)5-4-8(9)6-10/h2-7H,1H3. The van der Waals surface area contributed by atoms with Gasteiger partial charge in [0.2, 0.25) is 0 Å². The Hall–Kier alpha value is -1.90. The minimum atomic E-state index is -0.388. The van der Waals surface area contributed by atoms with Crippen molar-refractivity contribution >= 4 is 16.7 Å². The van der Waals surface area contributed by atoms with E-state index in [1.54, 1.807) is 24.3 Å². The van der Waals surface area contributed by atoms with Crippen LogP contribution in [-0.2, 0) is 4.74 Å². The summed E-state index contributed by atoms with van der Waals surface area (Å²) < 4.78 is 17.5. The number of hydrogen-bond donors (Lipinski definition) is 0. The topological polar surface area (TPSA) is 26.3 Å². The highest BCUT2D eigenvalue weighted by Gasteiger charge is 2.05. The van der Waals surface area contributed by atoms with Crippen molar-refractivity contribution in [2.75, 3.05) is 7.11 Å². The molecule has 15 heavy (non-hydrogen) atoms. The maximum absolute atomic E-state index is 12.9. The monoisotopic (exact) mass is 204 g/mol. The first kappa shape index (κ1) is 9.65. The Bertz CT molecular complexity index is 520. The third-order valence-electron chi connectivity index (χ3n) is 2.22. The lowest BCUT2D eigenvalue weighted by Gasteiger charge is -2.01. The van der Waals surface area contributed by atoms with Crippen molar-refractivity contribution in [1.29, 1.82) is 0 Å². The van der Waals surface area contributed by atoms with Crippen molar-refractivity contribution in [3.63, 3.8) is 0 Å². The number of carbonyl (C=O) groups is 1. The minimum absolute atomic E-state index is 0.284. The molecule has 0 spiro atoms. The Morgan fingerprint density at radius 3 is 2.53 bits per heavy atom. The number of hydrogen-bond acceptors (Lipinski definition) is 2. The predicted molar refractivity (Wildman–Crippen MR) is 55.2 cm³/mol. The predicted octanol–water partition coefficient (Wildman–Crippen LogP) is 2.77. The summed E-state index contributed by atoms with van der Waals surface area (Å²) in [5, 5.41) is 1.59. The number of halogens is 1. The van der Waals surface area contributed by atoms with Crippen molar-refractivity contribution < 1.29 is 13.9 Å². The van der Waals surface area contributed by atoms with E-state index in [0.717, 1.165) is 10.8 Å². The molecule has 0 aliphatic carbocycles. The van der Waals surface area contributed by atoms with Gasteiger partial charge in [-0.15, -0.1) is 0 Å². The molecular weight excluding hydrogens is 195 g/mol. The van der Waals surface area contributed by atoms with Crippen LogP contribution in [0.5, 0.6) is 0 Å². The fourth-order valence-electron chi connectivity index (χ4n) is 1.46. The summed E-state index contributed by atoms with van der Waals surface area (Å²) >= 11 is 0. The molecule has 2 nitrogen and oxygen atoms in total. The highest BCUT2D eigenvalue weighted by molar-refractivity contribution is 5.95. The van der Waals surface area contributed by atoms with Crippen molar-refractivity contribution in [2.45, 2.75) is 0 Å². The first-order valence-electron chi connectivity index (χ1n) is 4.48. The number of carbonyl (C=O) groups excluding carboxylic acids is 1. The van der Waals surface area contributed by atoms with Crippen molar-refractivity contribution in [2.24, 2.45) is 0 Å². The summed E-state index contributed by atoms with van der Waals surface area (Å²) in [7, 11) is 1.33.